The van der Waals surface area contributed by atoms with Crippen molar-refractivity contribution in [2.75, 3.05) is 13.2 Å². The van der Waals surface area contributed by atoms with Crippen molar-refractivity contribution in [2.24, 2.45) is 34.0 Å². The van der Waals surface area contributed by atoms with E-state index >= 15 is 0 Å². The Kier molecular flexibility index (Phi) is 4.66. The molecule has 28 heavy (non-hydrogen) atoms. The summed E-state index contributed by atoms with van der Waals surface area (Å²) in [6.45, 7) is 2.80. The van der Waals surface area contributed by atoms with Crippen LogP contribution in [0, 0.1) is 34.0 Å². The zero-order chi connectivity index (χ0) is 20.5. The second-order valence-electron chi connectivity index (χ2n) is 10.0. The van der Waals surface area contributed by atoms with E-state index in [1.54, 1.807) is 6.08 Å². The summed E-state index contributed by atoms with van der Waals surface area (Å²) in [7, 11) is 0. The number of allylic oxidation sites excluding steroid dienone is 1. The maximum Gasteiger partial charge on any atom is 0.169 e. The monoisotopic (exact) mass is 392 g/mol. The molecule has 6 nitrogen and oxygen atoms in total. The molecule has 4 aliphatic rings. The predicted octanol–water partition coefficient (Wildman–Crippen LogP) is 1.00. The second-order valence-corrected chi connectivity index (χ2v) is 10.0. The summed E-state index contributed by atoms with van der Waals surface area (Å²) in [6, 6.07) is 0. The highest BCUT2D eigenvalue weighted by atomic mass is 16.3. The number of fused-ring (bicyclic) bond motifs is 5. The van der Waals surface area contributed by atoms with E-state index in [1.807, 2.05) is 6.92 Å². The number of hydrogen-bond acceptors (Lipinski definition) is 6. The lowest BCUT2D eigenvalue weighted by molar-refractivity contribution is -0.176. The van der Waals surface area contributed by atoms with Crippen molar-refractivity contribution in [3.8, 4) is 0 Å². The Morgan fingerprint density at radius 3 is 2.57 bits per heavy atom. The van der Waals surface area contributed by atoms with Gasteiger partial charge in [-0.2, -0.15) is 0 Å². The smallest absolute Gasteiger partial charge is 0.169 e. The third kappa shape index (κ3) is 2.29. The summed E-state index contributed by atoms with van der Waals surface area (Å²) in [6.07, 6.45) is 3.57. The van der Waals surface area contributed by atoms with Crippen molar-refractivity contribution >= 4 is 11.6 Å². The number of aliphatic hydroxyl groups is 4. The highest BCUT2D eigenvalue weighted by Gasteiger charge is 2.71. The SMILES string of the molecule is CC12CCC(=O)C=C1CCC1C2C(O)CC2(C)C1CC(O)C2(CO)C(=O)CO. The Labute approximate surface area is 165 Å². The predicted molar refractivity (Wildman–Crippen MR) is 101 cm³/mol. The minimum atomic E-state index is -1.43. The maximum absolute atomic E-state index is 12.7. The van der Waals surface area contributed by atoms with E-state index in [4.69, 9.17) is 0 Å². The van der Waals surface area contributed by atoms with Crippen molar-refractivity contribution in [1.82, 2.24) is 0 Å². The molecular weight excluding hydrogens is 360 g/mol. The standard InChI is InChI=1S/C22H32O6/c1-20-6-5-13(25)7-12(20)3-4-14-15-8-17(27)22(11-24,18(28)10-23)21(15,2)9-16(26)19(14)20/h7,14-17,19,23-24,26-27H,3-6,8-11H2,1-2H3. The van der Waals surface area contributed by atoms with Crippen molar-refractivity contribution in [1.29, 1.82) is 0 Å². The number of hydrogen-bond donors (Lipinski definition) is 4. The molecule has 0 bridgehead atoms. The Bertz CT molecular complexity index is 731. The van der Waals surface area contributed by atoms with E-state index in [2.05, 4.69) is 6.92 Å². The molecule has 0 spiro atoms. The van der Waals surface area contributed by atoms with Gasteiger partial charge in [-0.25, -0.2) is 0 Å². The van der Waals surface area contributed by atoms with Crippen molar-refractivity contribution < 1.29 is 30.0 Å². The van der Waals surface area contributed by atoms with Crippen LogP contribution in [0.1, 0.15) is 52.4 Å². The Morgan fingerprint density at radius 2 is 1.93 bits per heavy atom. The first kappa shape index (κ1) is 20.2. The first-order chi connectivity index (χ1) is 13.2. The van der Waals surface area contributed by atoms with Gasteiger partial charge < -0.3 is 20.4 Å². The van der Waals surface area contributed by atoms with Gasteiger partial charge in [0.05, 0.1) is 24.2 Å². The van der Waals surface area contributed by atoms with Gasteiger partial charge in [-0.15, -0.1) is 0 Å². The molecule has 4 aliphatic carbocycles. The topological polar surface area (TPSA) is 115 Å². The molecule has 0 aromatic carbocycles. The van der Waals surface area contributed by atoms with Gasteiger partial charge in [0, 0.05) is 6.42 Å². The van der Waals surface area contributed by atoms with Gasteiger partial charge >= 0.3 is 0 Å². The molecule has 0 saturated heterocycles. The molecule has 3 fully saturated rings. The first-order valence-corrected chi connectivity index (χ1v) is 10.5. The molecule has 0 amide bonds. The molecule has 3 saturated carbocycles. The lowest BCUT2D eigenvalue weighted by Gasteiger charge is -2.61. The molecule has 8 atom stereocenters. The maximum atomic E-state index is 12.7. The van der Waals surface area contributed by atoms with Crippen LogP contribution in [0.15, 0.2) is 11.6 Å². The van der Waals surface area contributed by atoms with Crippen LogP contribution in [0.25, 0.3) is 0 Å². The summed E-state index contributed by atoms with van der Waals surface area (Å²) in [4.78, 5) is 24.7. The van der Waals surface area contributed by atoms with Gasteiger partial charge in [-0.05, 0) is 66.8 Å². The van der Waals surface area contributed by atoms with Gasteiger partial charge in [0.2, 0.25) is 0 Å². The van der Waals surface area contributed by atoms with E-state index in [0.717, 1.165) is 24.8 Å². The minimum absolute atomic E-state index is 0.0189. The highest BCUT2D eigenvalue weighted by molar-refractivity contribution is 5.91. The fourth-order valence-corrected chi connectivity index (χ4v) is 7.82. The minimum Gasteiger partial charge on any atom is -0.395 e. The van der Waals surface area contributed by atoms with Gasteiger partial charge in [0.1, 0.15) is 6.61 Å². The molecule has 0 aliphatic heterocycles. The average Bonchev–Trinajstić information content (AvgIpc) is 2.88. The lowest BCUT2D eigenvalue weighted by Crippen LogP contribution is -2.61. The van der Waals surface area contributed by atoms with Crippen molar-refractivity contribution in [3.05, 3.63) is 11.6 Å². The van der Waals surface area contributed by atoms with Crippen LogP contribution in [0.3, 0.4) is 0 Å². The number of aliphatic hydroxyl groups excluding tert-OH is 4. The molecule has 8 unspecified atom stereocenters. The van der Waals surface area contributed by atoms with Crippen LogP contribution in [-0.2, 0) is 9.59 Å². The van der Waals surface area contributed by atoms with Gasteiger partial charge in [0.25, 0.3) is 0 Å². The highest BCUT2D eigenvalue weighted by Crippen LogP contribution is 2.69. The quantitative estimate of drug-likeness (QED) is 0.570. The van der Waals surface area contributed by atoms with Crippen LogP contribution in [-0.4, -0.2) is 57.4 Å². The average molecular weight is 392 g/mol. The van der Waals surface area contributed by atoms with E-state index < -0.39 is 42.0 Å². The van der Waals surface area contributed by atoms with E-state index in [9.17, 15) is 30.0 Å². The van der Waals surface area contributed by atoms with Gasteiger partial charge in [-0.1, -0.05) is 19.4 Å². The second kappa shape index (κ2) is 6.46. The van der Waals surface area contributed by atoms with Crippen molar-refractivity contribution in [2.45, 2.75) is 64.6 Å². The van der Waals surface area contributed by atoms with E-state index in [-0.39, 0.29) is 29.0 Å². The summed E-state index contributed by atoms with van der Waals surface area (Å²) in [5.74, 6) is -0.313. The third-order valence-electron chi connectivity index (χ3n) is 9.24. The molecule has 0 aromatic heterocycles. The molecule has 0 radical (unpaired) electrons. The Morgan fingerprint density at radius 1 is 1.21 bits per heavy atom. The lowest BCUT2D eigenvalue weighted by atomic mass is 9.44. The molecule has 6 heteroatoms. The normalized spacial score (nSPS) is 50.4. The first-order valence-electron chi connectivity index (χ1n) is 10.5. The van der Waals surface area contributed by atoms with Crippen LogP contribution in [0.4, 0.5) is 0 Å². The Hall–Kier alpha value is -1.08. The van der Waals surface area contributed by atoms with Crippen LogP contribution in [0.2, 0.25) is 0 Å². The van der Waals surface area contributed by atoms with Crippen molar-refractivity contribution in [3.63, 3.8) is 0 Å². The molecule has 0 aromatic rings. The number of carbonyl (C=O) groups excluding carboxylic acids is 2. The van der Waals surface area contributed by atoms with Crippen LogP contribution in [0.5, 0.6) is 0 Å². The zero-order valence-corrected chi connectivity index (χ0v) is 16.7. The number of ketones is 2. The summed E-state index contributed by atoms with van der Waals surface area (Å²) >= 11 is 0. The summed E-state index contributed by atoms with van der Waals surface area (Å²) in [5, 5.41) is 42.0. The van der Waals surface area contributed by atoms with E-state index in [0.29, 0.717) is 19.3 Å². The zero-order valence-electron chi connectivity index (χ0n) is 16.7. The fraction of sp³-hybridized carbons (Fsp3) is 0.818. The molecular formula is C22H32O6. The van der Waals surface area contributed by atoms with E-state index in [1.165, 1.54) is 0 Å². The third-order valence-corrected chi connectivity index (χ3v) is 9.24. The van der Waals surface area contributed by atoms with Crippen LogP contribution >= 0.6 is 0 Å². The molecule has 4 N–H and O–H groups in total. The van der Waals surface area contributed by atoms with Gasteiger partial charge in [-0.3, -0.25) is 9.59 Å². The number of Topliss-reactive ketones (excluding diaryl/α,β-unsaturated/α-hetero) is 1. The summed E-state index contributed by atoms with van der Waals surface area (Å²) in [5.41, 5.74) is -1.32. The fourth-order valence-electron chi connectivity index (χ4n) is 7.82. The number of rotatable bonds is 3. The number of carbonyl (C=O) groups is 2. The molecule has 156 valence electrons. The van der Waals surface area contributed by atoms with Crippen LogP contribution < -0.4 is 0 Å². The van der Waals surface area contributed by atoms with Gasteiger partial charge in [0.15, 0.2) is 11.6 Å². The molecule has 0 heterocycles. The summed E-state index contributed by atoms with van der Waals surface area (Å²) < 4.78 is 0. The Balaban J connectivity index is 1.78. The molecule has 4 rings (SSSR count). The largest absolute Gasteiger partial charge is 0.395 e.